The Morgan fingerprint density at radius 3 is 1.97 bits per heavy atom. The zero-order chi connectivity index (χ0) is 19.6. The Hall–Kier alpha value is -3.85. The second kappa shape index (κ2) is 7.28. The number of pyridine rings is 1. The molecule has 3 aromatic carbocycles. The summed E-state index contributed by atoms with van der Waals surface area (Å²) in [5.41, 5.74) is 7.55. The van der Waals surface area contributed by atoms with Crippen molar-refractivity contribution in [2.45, 2.75) is 0 Å². The molecule has 0 fully saturated rings. The maximum Gasteiger partial charge on any atom is 0.145 e. The van der Waals surface area contributed by atoms with E-state index in [1.54, 1.807) is 7.11 Å². The smallest absolute Gasteiger partial charge is 0.145 e. The Labute approximate surface area is 169 Å². The normalized spacial score (nSPS) is 10.9. The first-order chi connectivity index (χ1) is 14.3. The Balaban J connectivity index is 1.74. The van der Waals surface area contributed by atoms with Gasteiger partial charge >= 0.3 is 0 Å². The highest BCUT2D eigenvalue weighted by atomic mass is 16.5. The van der Waals surface area contributed by atoms with Crippen LogP contribution in [0, 0.1) is 0 Å². The number of aromatic nitrogens is 2. The van der Waals surface area contributed by atoms with Crippen molar-refractivity contribution < 1.29 is 4.74 Å². The van der Waals surface area contributed by atoms with E-state index < -0.39 is 0 Å². The lowest BCUT2D eigenvalue weighted by molar-refractivity contribution is 0.415. The molecule has 0 amide bonds. The first-order valence-electron chi connectivity index (χ1n) is 9.60. The van der Waals surface area contributed by atoms with E-state index in [9.17, 15) is 0 Å². The van der Waals surface area contributed by atoms with Gasteiger partial charge < -0.3 is 9.14 Å². The van der Waals surface area contributed by atoms with Crippen LogP contribution < -0.4 is 4.74 Å². The Bertz CT molecular complexity index is 1260. The molecule has 0 bridgehead atoms. The third-order valence-electron chi connectivity index (χ3n) is 5.13. The highest BCUT2D eigenvalue weighted by Gasteiger charge is 2.13. The van der Waals surface area contributed by atoms with Crippen LogP contribution >= 0.6 is 0 Å². The van der Waals surface area contributed by atoms with Crippen molar-refractivity contribution in [3.63, 3.8) is 0 Å². The molecule has 3 heteroatoms. The van der Waals surface area contributed by atoms with Crippen LogP contribution in [0.3, 0.4) is 0 Å². The van der Waals surface area contributed by atoms with Crippen LogP contribution in [-0.2, 0) is 0 Å². The predicted molar refractivity (Wildman–Crippen MR) is 118 cm³/mol. The summed E-state index contributed by atoms with van der Waals surface area (Å²) in [5.74, 6) is 0.845. The Morgan fingerprint density at radius 1 is 0.655 bits per heavy atom. The summed E-state index contributed by atoms with van der Waals surface area (Å²) in [6, 6.07) is 31.1. The van der Waals surface area contributed by atoms with Crippen LogP contribution in [-0.4, -0.2) is 16.5 Å². The summed E-state index contributed by atoms with van der Waals surface area (Å²) < 4.78 is 7.46. The summed E-state index contributed by atoms with van der Waals surface area (Å²) in [6.07, 6.45) is 4.25. The molecule has 0 saturated carbocycles. The number of benzene rings is 3. The first-order valence-corrected chi connectivity index (χ1v) is 9.60. The van der Waals surface area contributed by atoms with Crippen LogP contribution in [0.4, 0.5) is 0 Å². The number of nitrogens with zero attached hydrogens (tertiary/aromatic N) is 2. The van der Waals surface area contributed by atoms with E-state index in [1.807, 2.05) is 36.4 Å². The zero-order valence-corrected chi connectivity index (χ0v) is 16.1. The minimum atomic E-state index is 0.845. The van der Waals surface area contributed by atoms with E-state index in [0.717, 1.165) is 39.3 Å². The van der Waals surface area contributed by atoms with Crippen molar-refractivity contribution in [2.75, 3.05) is 7.11 Å². The van der Waals surface area contributed by atoms with Crippen molar-refractivity contribution in [1.29, 1.82) is 0 Å². The minimum Gasteiger partial charge on any atom is -0.497 e. The van der Waals surface area contributed by atoms with Crippen molar-refractivity contribution in [1.82, 2.24) is 9.38 Å². The van der Waals surface area contributed by atoms with Crippen LogP contribution in [0.2, 0.25) is 0 Å². The number of ether oxygens (including phenoxy) is 1. The van der Waals surface area contributed by atoms with Gasteiger partial charge in [0.05, 0.1) is 12.8 Å². The third kappa shape index (κ3) is 3.27. The summed E-state index contributed by atoms with van der Waals surface area (Å²) in [6.45, 7) is 0. The predicted octanol–water partition coefficient (Wildman–Crippen LogP) is 6.34. The van der Waals surface area contributed by atoms with E-state index in [0.29, 0.717) is 0 Å². The number of methoxy groups -OCH3 is 1. The molecule has 0 spiro atoms. The molecule has 2 aromatic heterocycles. The number of hydrogen-bond acceptors (Lipinski definition) is 2. The number of fused-ring (bicyclic) bond motifs is 1. The van der Waals surface area contributed by atoms with Crippen LogP contribution in [0.25, 0.3) is 39.2 Å². The fraction of sp³-hybridized carbons (Fsp3) is 0.0385. The molecule has 0 saturated heterocycles. The zero-order valence-electron chi connectivity index (χ0n) is 16.1. The maximum atomic E-state index is 5.33. The lowest BCUT2D eigenvalue weighted by atomic mass is 10.0. The van der Waals surface area contributed by atoms with E-state index in [4.69, 9.17) is 9.72 Å². The van der Waals surface area contributed by atoms with Crippen molar-refractivity contribution >= 4 is 5.65 Å². The second-order valence-corrected chi connectivity index (χ2v) is 6.96. The summed E-state index contributed by atoms with van der Waals surface area (Å²) >= 11 is 0. The molecule has 0 unspecified atom stereocenters. The molecular formula is C26H20N2O. The molecule has 3 nitrogen and oxygen atoms in total. The van der Waals surface area contributed by atoms with E-state index in [2.05, 4.69) is 71.4 Å². The molecule has 29 heavy (non-hydrogen) atoms. The Morgan fingerprint density at radius 2 is 1.31 bits per heavy atom. The molecule has 0 atom stereocenters. The van der Waals surface area contributed by atoms with Crippen molar-refractivity contribution in [2.24, 2.45) is 0 Å². The number of hydrogen-bond donors (Lipinski definition) is 0. The molecule has 0 radical (unpaired) electrons. The summed E-state index contributed by atoms with van der Waals surface area (Å²) in [4.78, 5) is 4.97. The molecule has 5 aromatic rings. The van der Waals surface area contributed by atoms with Gasteiger partial charge in [-0.1, -0.05) is 72.8 Å². The quantitative estimate of drug-likeness (QED) is 0.366. The van der Waals surface area contributed by atoms with Gasteiger partial charge in [0.25, 0.3) is 0 Å². The van der Waals surface area contributed by atoms with Crippen molar-refractivity contribution in [3.05, 3.63) is 103 Å². The molecule has 5 rings (SSSR count). The summed E-state index contributed by atoms with van der Waals surface area (Å²) in [5, 5.41) is 0. The lowest BCUT2D eigenvalue weighted by Gasteiger charge is -2.09. The van der Waals surface area contributed by atoms with Gasteiger partial charge in [0.1, 0.15) is 11.4 Å². The topological polar surface area (TPSA) is 26.5 Å². The van der Waals surface area contributed by atoms with Gasteiger partial charge in [-0.15, -0.1) is 0 Å². The van der Waals surface area contributed by atoms with Gasteiger partial charge in [-0.05, 0) is 34.9 Å². The van der Waals surface area contributed by atoms with E-state index in [1.165, 1.54) is 5.56 Å². The average molecular weight is 376 g/mol. The largest absolute Gasteiger partial charge is 0.497 e. The van der Waals surface area contributed by atoms with Gasteiger partial charge in [-0.3, -0.25) is 0 Å². The Kier molecular flexibility index (Phi) is 4.34. The molecule has 0 N–H and O–H groups in total. The van der Waals surface area contributed by atoms with Crippen molar-refractivity contribution in [3.8, 4) is 39.3 Å². The van der Waals surface area contributed by atoms with Gasteiger partial charge in [0.15, 0.2) is 0 Å². The molecule has 140 valence electrons. The molecule has 0 aliphatic rings. The van der Waals surface area contributed by atoms with Crippen LogP contribution in [0.1, 0.15) is 0 Å². The number of rotatable bonds is 4. The first kappa shape index (κ1) is 17.3. The van der Waals surface area contributed by atoms with Gasteiger partial charge in [0, 0.05) is 23.5 Å². The lowest BCUT2D eigenvalue weighted by Crippen LogP contribution is -1.91. The van der Waals surface area contributed by atoms with Gasteiger partial charge in [-0.2, -0.15) is 0 Å². The van der Waals surface area contributed by atoms with E-state index in [-0.39, 0.29) is 0 Å². The van der Waals surface area contributed by atoms with Gasteiger partial charge in [-0.25, -0.2) is 4.98 Å². The monoisotopic (exact) mass is 376 g/mol. The standard InChI is InChI=1S/C26H20N2O/c1-29-23-14-12-20(13-15-23)24-16-22(19-8-4-2-5-9-19)17-28-18-25(27-26(24)28)21-10-6-3-7-11-21/h2-18H,1H3. The minimum absolute atomic E-state index is 0.845. The highest BCUT2D eigenvalue weighted by Crippen LogP contribution is 2.32. The van der Waals surface area contributed by atoms with Crippen LogP contribution in [0.15, 0.2) is 103 Å². The third-order valence-corrected chi connectivity index (χ3v) is 5.13. The molecule has 0 aliphatic heterocycles. The van der Waals surface area contributed by atoms with Crippen LogP contribution in [0.5, 0.6) is 5.75 Å². The average Bonchev–Trinajstić information content (AvgIpc) is 3.24. The fourth-order valence-corrected chi connectivity index (χ4v) is 3.62. The second-order valence-electron chi connectivity index (χ2n) is 6.96. The highest BCUT2D eigenvalue weighted by molar-refractivity contribution is 5.84. The molecule has 0 aliphatic carbocycles. The number of imidazole rings is 1. The maximum absolute atomic E-state index is 5.33. The molecular weight excluding hydrogens is 356 g/mol. The van der Waals surface area contributed by atoms with E-state index >= 15 is 0 Å². The summed E-state index contributed by atoms with van der Waals surface area (Å²) in [7, 11) is 1.68. The van der Waals surface area contributed by atoms with Gasteiger partial charge in [0.2, 0.25) is 0 Å². The SMILES string of the molecule is COc1ccc(-c2cc(-c3ccccc3)cn3cc(-c4ccccc4)nc23)cc1. The molecule has 2 heterocycles. The fourth-order valence-electron chi connectivity index (χ4n) is 3.62.